The second-order valence-electron chi connectivity index (χ2n) is 4.87. The molecule has 1 aromatic carbocycles. The third-order valence-electron chi connectivity index (χ3n) is 3.40. The van der Waals surface area contributed by atoms with Gasteiger partial charge in [-0.05, 0) is 31.2 Å². The summed E-state index contributed by atoms with van der Waals surface area (Å²) in [5.41, 5.74) is 4.24. The van der Waals surface area contributed by atoms with Gasteiger partial charge in [0.15, 0.2) is 0 Å². The van der Waals surface area contributed by atoms with Crippen molar-refractivity contribution < 1.29 is 9.53 Å². The van der Waals surface area contributed by atoms with Gasteiger partial charge in [0.05, 0.1) is 18.4 Å². The molecule has 2 aromatic heterocycles. The van der Waals surface area contributed by atoms with Gasteiger partial charge in [0.1, 0.15) is 5.82 Å². The summed E-state index contributed by atoms with van der Waals surface area (Å²) in [6.45, 7) is 1.97. The molecule has 0 aliphatic carbocycles. The molecular weight excluding hydrogens is 278 g/mol. The lowest BCUT2D eigenvalue weighted by atomic mass is 10.1. The number of methoxy groups -OCH3 is 1. The zero-order valence-electron chi connectivity index (χ0n) is 12.3. The highest BCUT2D eigenvalue weighted by Gasteiger charge is 2.11. The molecule has 0 aliphatic heterocycles. The van der Waals surface area contributed by atoms with Gasteiger partial charge in [-0.2, -0.15) is 0 Å². The Morgan fingerprint density at radius 3 is 2.55 bits per heavy atom. The maximum Gasteiger partial charge on any atom is 0.337 e. The summed E-state index contributed by atoms with van der Waals surface area (Å²) in [6, 6.07) is 11.0. The minimum absolute atomic E-state index is 0.349. The van der Waals surface area contributed by atoms with E-state index >= 15 is 0 Å². The van der Waals surface area contributed by atoms with Crippen LogP contribution in [-0.2, 0) is 4.74 Å². The second kappa shape index (κ2) is 5.81. The summed E-state index contributed by atoms with van der Waals surface area (Å²) in [5, 5.41) is 0. The average molecular weight is 293 g/mol. The fourth-order valence-electron chi connectivity index (χ4n) is 2.26. The number of hydrogen-bond donors (Lipinski definition) is 1. The molecule has 3 aromatic rings. The van der Waals surface area contributed by atoms with Gasteiger partial charge < -0.3 is 9.72 Å². The predicted octanol–water partition coefficient (Wildman–Crippen LogP) is 3.23. The van der Waals surface area contributed by atoms with Crippen molar-refractivity contribution in [2.75, 3.05) is 7.11 Å². The average Bonchev–Trinajstić information content (AvgIpc) is 2.97. The number of imidazole rings is 1. The lowest BCUT2D eigenvalue weighted by Crippen LogP contribution is -2.00. The fraction of sp³-hybridized carbons (Fsp3) is 0.118. The molecule has 0 saturated heterocycles. The maximum atomic E-state index is 11.5. The predicted molar refractivity (Wildman–Crippen MR) is 83.3 cm³/mol. The molecule has 0 unspecified atom stereocenters. The highest BCUT2D eigenvalue weighted by molar-refractivity contribution is 5.89. The molecule has 0 radical (unpaired) electrons. The maximum absolute atomic E-state index is 11.5. The van der Waals surface area contributed by atoms with Crippen LogP contribution in [0, 0.1) is 6.92 Å². The summed E-state index contributed by atoms with van der Waals surface area (Å²) < 4.78 is 4.69. The molecule has 0 saturated carbocycles. The molecular formula is C17H15N3O2. The molecule has 2 heterocycles. The second-order valence-corrected chi connectivity index (χ2v) is 4.87. The van der Waals surface area contributed by atoms with E-state index in [1.54, 1.807) is 24.5 Å². The Bertz CT molecular complexity index is 793. The number of aryl methyl sites for hydroxylation is 1. The first kappa shape index (κ1) is 14.0. The van der Waals surface area contributed by atoms with Gasteiger partial charge in [0, 0.05) is 29.2 Å². The first-order chi connectivity index (χ1) is 10.7. The molecule has 3 rings (SSSR count). The smallest absolute Gasteiger partial charge is 0.337 e. The number of aromatic nitrogens is 3. The molecule has 0 spiro atoms. The van der Waals surface area contributed by atoms with Crippen molar-refractivity contribution in [3.8, 4) is 22.6 Å². The van der Waals surface area contributed by atoms with Crippen LogP contribution in [-0.4, -0.2) is 28.0 Å². The SMILES string of the molecule is COC(=O)c1ccc(-c2nc(-c3cccnc3)c(C)[nH]2)cc1. The van der Waals surface area contributed by atoms with Gasteiger partial charge >= 0.3 is 5.97 Å². The summed E-state index contributed by atoms with van der Waals surface area (Å²) in [4.78, 5) is 23.5. The Balaban J connectivity index is 1.95. The van der Waals surface area contributed by atoms with Gasteiger partial charge in [-0.1, -0.05) is 12.1 Å². The Kier molecular flexibility index (Phi) is 3.70. The molecule has 5 heteroatoms. The summed E-state index contributed by atoms with van der Waals surface area (Å²) >= 11 is 0. The molecule has 0 aliphatic rings. The van der Waals surface area contributed by atoms with Crippen molar-refractivity contribution in [2.45, 2.75) is 6.92 Å². The number of aromatic amines is 1. The van der Waals surface area contributed by atoms with Gasteiger partial charge in [-0.3, -0.25) is 4.98 Å². The number of H-pyrrole nitrogens is 1. The van der Waals surface area contributed by atoms with Crippen LogP contribution in [0.4, 0.5) is 0 Å². The molecule has 0 atom stereocenters. The highest BCUT2D eigenvalue weighted by Crippen LogP contribution is 2.25. The van der Waals surface area contributed by atoms with Crippen molar-refractivity contribution in [2.24, 2.45) is 0 Å². The normalized spacial score (nSPS) is 10.5. The van der Waals surface area contributed by atoms with E-state index in [0.717, 1.165) is 28.3 Å². The summed E-state index contributed by atoms with van der Waals surface area (Å²) in [6.07, 6.45) is 3.52. The summed E-state index contributed by atoms with van der Waals surface area (Å²) in [5.74, 6) is 0.408. The Labute approximate surface area is 128 Å². The van der Waals surface area contributed by atoms with E-state index in [1.165, 1.54) is 7.11 Å². The molecule has 110 valence electrons. The van der Waals surface area contributed by atoms with Gasteiger partial charge in [-0.25, -0.2) is 9.78 Å². The van der Waals surface area contributed by atoms with Gasteiger partial charge in [0.25, 0.3) is 0 Å². The van der Waals surface area contributed by atoms with Crippen LogP contribution < -0.4 is 0 Å². The molecule has 0 bridgehead atoms. The van der Waals surface area contributed by atoms with Crippen LogP contribution in [0.25, 0.3) is 22.6 Å². The van der Waals surface area contributed by atoms with Crippen LogP contribution in [0.5, 0.6) is 0 Å². The molecule has 0 fully saturated rings. The third-order valence-corrected chi connectivity index (χ3v) is 3.40. The van der Waals surface area contributed by atoms with Gasteiger partial charge in [0.2, 0.25) is 0 Å². The fourth-order valence-corrected chi connectivity index (χ4v) is 2.26. The van der Waals surface area contributed by atoms with E-state index in [0.29, 0.717) is 5.56 Å². The number of hydrogen-bond acceptors (Lipinski definition) is 4. The van der Waals surface area contributed by atoms with Crippen molar-refractivity contribution in [1.82, 2.24) is 15.0 Å². The number of esters is 1. The van der Waals surface area contributed by atoms with E-state index in [9.17, 15) is 4.79 Å². The van der Waals surface area contributed by atoms with E-state index in [4.69, 9.17) is 4.74 Å². The lowest BCUT2D eigenvalue weighted by Gasteiger charge is -2.00. The van der Waals surface area contributed by atoms with E-state index in [-0.39, 0.29) is 5.97 Å². The number of pyridine rings is 1. The van der Waals surface area contributed by atoms with E-state index in [1.807, 2.05) is 31.2 Å². The minimum atomic E-state index is -0.349. The number of ether oxygens (including phenoxy) is 1. The Morgan fingerprint density at radius 2 is 1.91 bits per heavy atom. The third kappa shape index (κ3) is 2.61. The molecule has 1 N–H and O–H groups in total. The highest BCUT2D eigenvalue weighted by atomic mass is 16.5. The van der Waals surface area contributed by atoms with Crippen LogP contribution in [0.2, 0.25) is 0 Å². The first-order valence-electron chi connectivity index (χ1n) is 6.85. The molecule has 0 amide bonds. The topological polar surface area (TPSA) is 67.9 Å². The van der Waals surface area contributed by atoms with Crippen LogP contribution >= 0.6 is 0 Å². The molecule has 5 nitrogen and oxygen atoms in total. The number of nitrogens with zero attached hydrogens (tertiary/aromatic N) is 2. The summed E-state index contributed by atoms with van der Waals surface area (Å²) in [7, 11) is 1.37. The van der Waals surface area contributed by atoms with Crippen LogP contribution in [0.15, 0.2) is 48.8 Å². The largest absolute Gasteiger partial charge is 0.465 e. The Hall–Kier alpha value is -2.95. The van der Waals surface area contributed by atoms with Crippen molar-refractivity contribution in [3.05, 3.63) is 60.0 Å². The monoisotopic (exact) mass is 293 g/mol. The number of nitrogens with one attached hydrogen (secondary N) is 1. The van der Waals surface area contributed by atoms with E-state index < -0.39 is 0 Å². The zero-order chi connectivity index (χ0) is 15.5. The lowest BCUT2D eigenvalue weighted by molar-refractivity contribution is 0.0601. The standard InChI is InChI=1S/C17H15N3O2/c1-11-15(14-4-3-9-18-10-14)20-16(19-11)12-5-7-13(8-6-12)17(21)22-2/h3-10H,1-2H3,(H,19,20). The van der Waals surface area contributed by atoms with E-state index in [2.05, 4.69) is 15.0 Å². The van der Waals surface area contributed by atoms with Crippen LogP contribution in [0.1, 0.15) is 16.1 Å². The van der Waals surface area contributed by atoms with Crippen molar-refractivity contribution in [3.63, 3.8) is 0 Å². The number of benzene rings is 1. The molecule has 22 heavy (non-hydrogen) atoms. The first-order valence-corrected chi connectivity index (χ1v) is 6.85. The zero-order valence-corrected chi connectivity index (χ0v) is 12.3. The number of rotatable bonds is 3. The van der Waals surface area contributed by atoms with Crippen LogP contribution in [0.3, 0.4) is 0 Å². The number of carbonyl (C=O) groups excluding carboxylic acids is 1. The Morgan fingerprint density at radius 1 is 1.14 bits per heavy atom. The van der Waals surface area contributed by atoms with Gasteiger partial charge in [-0.15, -0.1) is 0 Å². The van der Waals surface area contributed by atoms with Crippen molar-refractivity contribution in [1.29, 1.82) is 0 Å². The quantitative estimate of drug-likeness (QED) is 0.753. The van der Waals surface area contributed by atoms with Crippen molar-refractivity contribution >= 4 is 5.97 Å². The minimum Gasteiger partial charge on any atom is -0.465 e. The number of carbonyl (C=O) groups is 1.